The van der Waals surface area contributed by atoms with Gasteiger partial charge in [-0.25, -0.2) is 16.3 Å². The quantitative estimate of drug-likeness (QED) is 0.253. The van der Waals surface area contributed by atoms with Crippen LogP contribution >= 0.6 is 0 Å². The first kappa shape index (κ1) is 14.3. The van der Waals surface area contributed by atoms with Crippen LogP contribution in [-0.2, 0) is 14.4 Å². The largest absolute Gasteiger partial charge is 0.291 e. The second-order valence-corrected chi connectivity index (χ2v) is 2.73. The summed E-state index contributed by atoms with van der Waals surface area (Å²) in [4.78, 5) is 32.3. The van der Waals surface area contributed by atoms with Gasteiger partial charge in [-0.3, -0.25) is 30.7 Å². The maximum Gasteiger partial charge on any atom is 0.249 e. The Balaban J connectivity index is 3.43. The van der Waals surface area contributed by atoms with Gasteiger partial charge in [-0.15, -0.1) is 0 Å². The summed E-state index contributed by atoms with van der Waals surface area (Å²) in [5.41, 5.74) is 14.0. The summed E-state index contributed by atoms with van der Waals surface area (Å²) < 4.78 is 0. The number of carbonyl (C=O) groups is 3. The van der Waals surface area contributed by atoms with Gasteiger partial charge in [0.05, 0.1) is 13.1 Å². The molecule has 0 aromatic rings. The normalized spacial score (nSPS) is 9.38. The maximum atomic E-state index is 11.0. The Morgan fingerprint density at radius 2 is 1.38 bits per heavy atom. The second kappa shape index (κ2) is 8.59. The summed E-state index contributed by atoms with van der Waals surface area (Å²) in [6, 6.07) is 0. The minimum Gasteiger partial charge on any atom is -0.291 e. The molecule has 0 aromatic heterocycles. The number of hydrazine groups is 3. The monoisotopic (exact) mass is 232 g/mol. The van der Waals surface area contributed by atoms with E-state index >= 15 is 0 Å². The fourth-order valence-corrected chi connectivity index (χ4v) is 0.700. The third-order valence-electron chi connectivity index (χ3n) is 1.25. The number of hydrogen-bond donors (Lipinski definition) is 6. The molecule has 0 radical (unpaired) electrons. The molecule has 3 amide bonds. The number of carbonyl (C=O) groups excluding carboxylic acids is 3. The molecule has 0 saturated carbocycles. The predicted octanol–water partition coefficient (Wildman–Crippen LogP) is -3.50. The minimum atomic E-state index is -0.411. The van der Waals surface area contributed by atoms with E-state index in [0.717, 1.165) is 0 Å². The molecule has 9 nitrogen and oxygen atoms in total. The maximum absolute atomic E-state index is 11.0. The van der Waals surface area contributed by atoms with Gasteiger partial charge >= 0.3 is 0 Å². The number of hydrogen-bond acceptors (Lipinski definition) is 6. The lowest BCUT2D eigenvalue weighted by atomic mass is 10.6. The molecule has 6 N–H and O–H groups in total. The number of nitrogens with one attached hydrogen (secondary N) is 6. The van der Waals surface area contributed by atoms with Crippen molar-refractivity contribution >= 4 is 17.7 Å². The average Bonchev–Trinajstić information content (AvgIpc) is 2.17. The van der Waals surface area contributed by atoms with Gasteiger partial charge in [-0.1, -0.05) is 0 Å². The lowest BCUT2D eigenvalue weighted by Crippen LogP contribution is -2.50. The van der Waals surface area contributed by atoms with E-state index in [-0.39, 0.29) is 24.9 Å². The van der Waals surface area contributed by atoms with Crippen LogP contribution in [0.15, 0.2) is 0 Å². The summed E-state index contributed by atoms with van der Waals surface area (Å²) in [6.07, 6.45) is 0. The zero-order valence-electron chi connectivity index (χ0n) is 9.14. The molecule has 0 atom stereocenters. The molecule has 92 valence electrons. The molecule has 0 aliphatic carbocycles. The Labute approximate surface area is 92.6 Å². The summed E-state index contributed by atoms with van der Waals surface area (Å²) in [5, 5.41) is 0. The van der Waals surface area contributed by atoms with Crippen molar-refractivity contribution in [2.45, 2.75) is 6.92 Å². The first-order valence-electron chi connectivity index (χ1n) is 4.53. The fourth-order valence-electron chi connectivity index (χ4n) is 0.700. The van der Waals surface area contributed by atoms with Crippen molar-refractivity contribution in [2.75, 3.05) is 20.1 Å². The van der Waals surface area contributed by atoms with E-state index in [2.05, 4.69) is 32.6 Å². The van der Waals surface area contributed by atoms with Crippen molar-refractivity contribution < 1.29 is 14.4 Å². The van der Waals surface area contributed by atoms with Gasteiger partial charge in [0.15, 0.2) is 0 Å². The second-order valence-electron chi connectivity index (χ2n) is 2.73. The number of rotatable bonds is 7. The highest BCUT2D eigenvalue weighted by Gasteiger charge is 2.02. The van der Waals surface area contributed by atoms with Gasteiger partial charge in [0.2, 0.25) is 17.7 Å². The van der Waals surface area contributed by atoms with Crippen LogP contribution in [0.3, 0.4) is 0 Å². The van der Waals surface area contributed by atoms with E-state index in [0.29, 0.717) is 0 Å². The lowest BCUT2D eigenvalue weighted by Gasteiger charge is -2.08. The van der Waals surface area contributed by atoms with Gasteiger partial charge < -0.3 is 0 Å². The van der Waals surface area contributed by atoms with Crippen molar-refractivity contribution in [3.8, 4) is 0 Å². The summed E-state index contributed by atoms with van der Waals surface area (Å²) in [7, 11) is 1.55. The van der Waals surface area contributed by atoms with Gasteiger partial charge in [-0.05, 0) is 0 Å². The molecule has 0 aliphatic rings. The molecule has 0 bridgehead atoms. The molecule has 0 aromatic carbocycles. The van der Waals surface area contributed by atoms with Crippen LogP contribution in [0, 0.1) is 0 Å². The van der Waals surface area contributed by atoms with Gasteiger partial charge in [-0.2, -0.15) is 0 Å². The third kappa shape index (κ3) is 8.87. The highest BCUT2D eigenvalue weighted by molar-refractivity contribution is 5.80. The van der Waals surface area contributed by atoms with Crippen LogP contribution in [0.2, 0.25) is 0 Å². The molecule has 0 saturated heterocycles. The van der Waals surface area contributed by atoms with Crippen LogP contribution in [0.1, 0.15) is 6.92 Å². The van der Waals surface area contributed by atoms with Crippen molar-refractivity contribution in [3.05, 3.63) is 0 Å². The SMILES string of the molecule is CNNC(=O)CNNC(=O)CNNC(C)=O. The smallest absolute Gasteiger partial charge is 0.249 e. The topological polar surface area (TPSA) is 123 Å². The van der Waals surface area contributed by atoms with Crippen LogP contribution in [0.5, 0.6) is 0 Å². The van der Waals surface area contributed by atoms with Crippen molar-refractivity contribution in [1.82, 2.24) is 32.6 Å². The van der Waals surface area contributed by atoms with Crippen LogP contribution < -0.4 is 32.6 Å². The molecule has 0 aliphatic heterocycles. The van der Waals surface area contributed by atoms with E-state index in [1.54, 1.807) is 7.05 Å². The summed E-state index contributed by atoms with van der Waals surface area (Å²) in [6.45, 7) is 1.15. The first-order valence-corrected chi connectivity index (χ1v) is 4.53. The Bertz CT molecular complexity index is 257. The molecule has 16 heavy (non-hydrogen) atoms. The molecule has 0 heterocycles. The van der Waals surface area contributed by atoms with Gasteiger partial charge in [0.1, 0.15) is 0 Å². The number of amides is 3. The molecular weight excluding hydrogens is 216 g/mol. The molecule has 0 unspecified atom stereocenters. The van der Waals surface area contributed by atoms with Crippen LogP contribution in [-0.4, -0.2) is 37.9 Å². The van der Waals surface area contributed by atoms with Gasteiger partial charge in [0.25, 0.3) is 0 Å². The lowest BCUT2D eigenvalue weighted by molar-refractivity contribution is -0.123. The first-order chi connectivity index (χ1) is 7.56. The van der Waals surface area contributed by atoms with Gasteiger partial charge in [0, 0.05) is 14.0 Å². The van der Waals surface area contributed by atoms with E-state index in [9.17, 15) is 14.4 Å². The summed E-state index contributed by atoms with van der Waals surface area (Å²) >= 11 is 0. The van der Waals surface area contributed by atoms with E-state index in [1.807, 2.05) is 0 Å². The van der Waals surface area contributed by atoms with E-state index < -0.39 is 5.91 Å². The zero-order valence-corrected chi connectivity index (χ0v) is 9.14. The van der Waals surface area contributed by atoms with E-state index in [4.69, 9.17) is 0 Å². The average molecular weight is 232 g/mol. The Morgan fingerprint density at radius 3 is 1.88 bits per heavy atom. The zero-order chi connectivity index (χ0) is 12.4. The molecule has 0 fully saturated rings. The Morgan fingerprint density at radius 1 is 0.875 bits per heavy atom. The summed E-state index contributed by atoms with van der Waals surface area (Å²) in [5.74, 6) is -1.03. The minimum absolute atomic E-state index is 0.0628. The van der Waals surface area contributed by atoms with Crippen molar-refractivity contribution in [3.63, 3.8) is 0 Å². The van der Waals surface area contributed by atoms with Crippen LogP contribution in [0.4, 0.5) is 0 Å². The molecule has 0 spiro atoms. The van der Waals surface area contributed by atoms with Crippen molar-refractivity contribution in [1.29, 1.82) is 0 Å². The standard InChI is InChI=1S/C7H16N6O3/c1-5(14)11-9-4-7(16)13-10-3-6(15)12-8-2/h8-10H,3-4H2,1-2H3,(H,11,14)(H,12,15)(H,13,16). The molecule has 9 heteroatoms. The third-order valence-corrected chi connectivity index (χ3v) is 1.25. The Kier molecular flexibility index (Phi) is 7.67. The fraction of sp³-hybridized carbons (Fsp3) is 0.571. The van der Waals surface area contributed by atoms with Crippen LogP contribution in [0.25, 0.3) is 0 Å². The highest BCUT2D eigenvalue weighted by atomic mass is 16.2. The van der Waals surface area contributed by atoms with Crippen molar-refractivity contribution in [2.24, 2.45) is 0 Å². The Hall–Kier alpha value is -1.71. The predicted molar refractivity (Wildman–Crippen MR) is 55.2 cm³/mol. The molecule has 0 rings (SSSR count). The van der Waals surface area contributed by atoms with E-state index in [1.165, 1.54) is 6.92 Å². The highest BCUT2D eigenvalue weighted by Crippen LogP contribution is 1.61. The molecular formula is C7H16N6O3.